The van der Waals surface area contributed by atoms with Crippen molar-refractivity contribution in [2.75, 3.05) is 7.11 Å². The zero-order valence-corrected chi connectivity index (χ0v) is 8.86. The molecule has 2 aliphatic carbocycles. The van der Waals surface area contributed by atoms with E-state index in [0.29, 0.717) is 12.3 Å². The van der Waals surface area contributed by atoms with Gasteiger partial charge in [-0.1, -0.05) is 6.42 Å². The number of ether oxygens (including phenoxy) is 1. The first kappa shape index (κ1) is 10.5. The Morgan fingerprint density at radius 1 is 1.47 bits per heavy atom. The quantitative estimate of drug-likeness (QED) is 0.719. The Kier molecular flexibility index (Phi) is 2.44. The highest BCUT2D eigenvalue weighted by molar-refractivity contribution is 5.83. The fourth-order valence-corrected chi connectivity index (χ4v) is 3.33. The van der Waals surface area contributed by atoms with Crippen LogP contribution in [0.15, 0.2) is 0 Å². The van der Waals surface area contributed by atoms with Gasteiger partial charge in [-0.2, -0.15) is 0 Å². The van der Waals surface area contributed by atoms with Crippen LogP contribution in [0.3, 0.4) is 0 Å². The molecule has 2 bridgehead atoms. The van der Waals surface area contributed by atoms with Crippen LogP contribution in [0, 0.1) is 17.3 Å². The summed E-state index contributed by atoms with van der Waals surface area (Å²) in [5.41, 5.74) is -0.823. The largest absolute Gasteiger partial charge is 0.481 e. The Morgan fingerprint density at radius 3 is 2.60 bits per heavy atom. The number of carbonyl (C=O) groups is 2. The van der Waals surface area contributed by atoms with E-state index in [-0.39, 0.29) is 12.3 Å². The summed E-state index contributed by atoms with van der Waals surface area (Å²) in [7, 11) is 1.31. The van der Waals surface area contributed by atoms with Gasteiger partial charge in [0.05, 0.1) is 18.9 Å². The minimum absolute atomic E-state index is 0.0417. The van der Waals surface area contributed by atoms with Crippen LogP contribution in [0.5, 0.6) is 0 Å². The molecule has 0 saturated heterocycles. The van der Waals surface area contributed by atoms with Crippen LogP contribution in [0.1, 0.15) is 32.1 Å². The number of esters is 1. The highest BCUT2D eigenvalue weighted by Crippen LogP contribution is 2.57. The maximum absolute atomic E-state index is 11.4. The summed E-state index contributed by atoms with van der Waals surface area (Å²) in [6, 6.07) is 0. The van der Waals surface area contributed by atoms with E-state index in [1.165, 1.54) is 7.11 Å². The van der Waals surface area contributed by atoms with Crippen LogP contribution in [-0.4, -0.2) is 24.2 Å². The van der Waals surface area contributed by atoms with E-state index in [9.17, 15) is 14.7 Å². The lowest BCUT2D eigenvalue weighted by Gasteiger charge is -2.32. The highest BCUT2D eigenvalue weighted by Gasteiger charge is 2.56. The maximum Gasteiger partial charge on any atom is 0.310 e. The van der Waals surface area contributed by atoms with Gasteiger partial charge < -0.3 is 9.84 Å². The van der Waals surface area contributed by atoms with Crippen molar-refractivity contribution in [3.63, 3.8) is 0 Å². The molecule has 1 N–H and O–H groups in total. The third kappa shape index (κ3) is 1.52. The van der Waals surface area contributed by atoms with Gasteiger partial charge in [-0.25, -0.2) is 0 Å². The molecule has 15 heavy (non-hydrogen) atoms. The number of hydrogen-bond donors (Lipinski definition) is 1. The molecule has 4 nitrogen and oxygen atoms in total. The lowest BCUT2D eigenvalue weighted by Crippen LogP contribution is -2.38. The molecule has 0 spiro atoms. The molecule has 2 rings (SSSR count). The molecule has 3 atom stereocenters. The highest BCUT2D eigenvalue weighted by atomic mass is 16.5. The molecule has 0 amide bonds. The van der Waals surface area contributed by atoms with Crippen molar-refractivity contribution in [2.24, 2.45) is 17.3 Å². The molecule has 2 aliphatic rings. The summed E-state index contributed by atoms with van der Waals surface area (Å²) in [6.45, 7) is 0. The zero-order valence-electron chi connectivity index (χ0n) is 8.86. The number of fused-ring (bicyclic) bond motifs is 2. The molecule has 84 valence electrons. The number of hydrogen-bond acceptors (Lipinski definition) is 3. The third-order valence-electron chi connectivity index (χ3n) is 4.09. The van der Waals surface area contributed by atoms with Crippen molar-refractivity contribution in [3.8, 4) is 0 Å². The summed E-state index contributed by atoms with van der Waals surface area (Å²) < 4.78 is 4.59. The summed E-state index contributed by atoms with van der Waals surface area (Å²) in [5.74, 6) is -0.528. The van der Waals surface area contributed by atoms with Crippen LogP contribution in [0.4, 0.5) is 0 Å². The van der Waals surface area contributed by atoms with Gasteiger partial charge in [0.1, 0.15) is 0 Å². The topological polar surface area (TPSA) is 63.6 Å². The summed E-state index contributed by atoms with van der Waals surface area (Å²) in [5, 5.41) is 9.32. The molecule has 0 radical (unpaired) electrons. The Hall–Kier alpha value is -1.06. The average molecular weight is 212 g/mol. The Morgan fingerprint density at radius 2 is 2.20 bits per heavy atom. The fourth-order valence-electron chi connectivity index (χ4n) is 3.33. The molecular weight excluding hydrogens is 196 g/mol. The first-order valence-corrected chi connectivity index (χ1v) is 5.38. The summed E-state index contributed by atoms with van der Waals surface area (Å²) >= 11 is 0. The van der Waals surface area contributed by atoms with E-state index < -0.39 is 17.4 Å². The van der Waals surface area contributed by atoms with E-state index in [2.05, 4.69) is 4.74 Å². The SMILES string of the molecule is COC(=O)CC1(C(=O)O)CC2CCC1C2. The predicted octanol–water partition coefficient (Wildman–Crippen LogP) is 1.44. The molecule has 4 heteroatoms. The second-order valence-corrected chi connectivity index (χ2v) is 4.79. The van der Waals surface area contributed by atoms with Crippen LogP contribution in [0.2, 0.25) is 0 Å². The zero-order chi connectivity index (χ0) is 11.1. The molecule has 0 aromatic rings. The molecule has 0 heterocycles. The van der Waals surface area contributed by atoms with Crippen molar-refractivity contribution in [3.05, 3.63) is 0 Å². The second kappa shape index (κ2) is 3.51. The number of carbonyl (C=O) groups excluding carboxylic acids is 1. The molecule has 0 aromatic carbocycles. The fraction of sp³-hybridized carbons (Fsp3) is 0.818. The Balaban J connectivity index is 2.19. The lowest BCUT2D eigenvalue weighted by molar-refractivity contribution is -0.160. The minimum Gasteiger partial charge on any atom is -0.481 e. The van der Waals surface area contributed by atoms with Crippen LogP contribution < -0.4 is 0 Å². The van der Waals surface area contributed by atoms with Crippen molar-refractivity contribution in [2.45, 2.75) is 32.1 Å². The number of rotatable bonds is 3. The number of carboxylic acid groups (broad SMARTS) is 1. The molecular formula is C11H16O4. The van der Waals surface area contributed by atoms with Crippen molar-refractivity contribution in [1.82, 2.24) is 0 Å². The monoisotopic (exact) mass is 212 g/mol. The van der Waals surface area contributed by atoms with Gasteiger partial charge in [0.25, 0.3) is 0 Å². The number of aliphatic carboxylic acids is 1. The lowest BCUT2D eigenvalue weighted by atomic mass is 9.71. The van der Waals surface area contributed by atoms with Crippen molar-refractivity contribution >= 4 is 11.9 Å². The van der Waals surface area contributed by atoms with E-state index in [1.54, 1.807) is 0 Å². The average Bonchev–Trinajstić information content (AvgIpc) is 2.77. The van der Waals surface area contributed by atoms with Gasteiger partial charge in [-0.15, -0.1) is 0 Å². The van der Waals surface area contributed by atoms with E-state index in [1.807, 2.05) is 0 Å². The van der Waals surface area contributed by atoms with Gasteiger partial charge in [-0.05, 0) is 31.1 Å². The second-order valence-electron chi connectivity index (χ2n) is 4.79. The van der Waals surface area contributed by atoms with Gasteiger partial charge in [0, 0.05) is 0 Å². The molecule has 3 unspecified atom stereocenters. The van der Waals surface area contributed by atoms with E-state index in [0.717, 1.165) is 19.3 Å². The predicted molar refractivity (Wildman–Crippen MR) is 52.1 cm³/mol. The minimum atomic E-state index is -0.823. The normalized spacial score (nSPS) is 37.9. The summed E-state index contributed by atoms with van der Waals surface area (Å²) in [6.07, 6.45) is 3.75. The molecule has 0 aliphatic heterocycles. The number of methoxy groups -OCH3 is 1. The molecule has 2 saturated carbocycles. The first-order valence-electron chi connectivity index (χ1n) is 5.38. The third-order valence-corrected chi connectivity index (χ3v) is 4.09. The van der Waals surface area contributed by atoms with E-state index in [4.69, 9.17) is 0 Å². The number of carboxylic acids is 1. The summed E-state index contributed by atoms with van der Waals surface area (Å²) in [4.78, 5) is 22.6. The smallest absolute Gasteiger partial charge is 0.310 e. The van der Waals surface area contributed by atoms with E-state index >= 15 is 0 Å². The van der Waals surface area contributed by atoms with Crippen molar-refractivity contribution in [1.29, 1.82) is 0 Å². The van der Waals surface area contributed by atoms with Gasteiger partial charge in [0.2, 0.25) is 0 Å². The van der Waals surface area contributed by atoms with Crippen LogP contribution in [0.25, 0.3) is 0 Å². The Bertz CT molecular complexity index is 299. The van der Waals surface area contributed by atoms with Gasteiger partial charge in [-0.3, -0.25) is 9.59 Å². The molecule has 2 fully saturated rings. The van der Waals surface area contributed by atoms with Gasteiger partial charge >= 0.3 is 11.9 Å². The first-order chi connectivity index (χ1) is 7.08. The standard InChI is InChI=1S/C11H16O4/c1-15-9(12)6-11(10(13)14)5-7-2-3-8(11)4-7/h7-8H,2-6H2,1H3,(H,13,14). The molecule has 0 aromatic heterocycles. The Labute approximate surface area is 88.6 Å². The van der Waals surface area contributed by atoms with Crippen LogP contribution in [-0.2, 0) is 14.3 Å². The van der Waals surface area contributed by atoms with Gasteiger partial charge in [0.15, 0.2) is 0 Å². The maximum atomic E-state index is 11.4. The van der Waals surface area contributed by atoms with Crippen molar-refractivity contribution < 1.29 is 19.4 Å². The van der Waals surface area contributed by atoms with Crippen LogP contribution >= 0.6 is 0 Å².